The molecule has 2 saturated heterocycles. The highest BCUT2D eigenvalue weighted by Crippen LogP contribution is 2.35. The van der Waals surface area contributed by atoms with Crippen LogP contribution in [0.25, 0.3) is 22.5 Å². The van der Waals surface area contributed by atoms with Crippen LogP contribution in [0.4, 0.5) is 16.4 Å². The second-order valence-electron chi connectivity index (χ2n) is 13.4. The van der Waals surface area contributed by atoms with Gasteiger partial charge in [-0.05, 0) is 82.8 Å². The van der Waals surface area contributed by atoms with Gasteiger partial charge in [-0.25, -0.2) is 14.8 Å². The first-order valence-electron chi connectivity index (χ1n) is 16.7. The van der Waals surface area contributed by atoms with Crippen molar-refractivity contribution < 1.29 is 28.5 Å². The lowest BCUT2D eigenvalue weighted by molar-refractivity contribution is 0.0275. The summed E-state index contributed by atoms with van der Waals surface area (Å²) < 4.78 is 28.5. The van der Waals surface area contributed by atoms with Crippen molar-refractivity contribution >= 4 is 17.7 Å². The van der Waals surface area contributed by atoms with E-state index in [1.807, 2.05) is 81.4 Å². The minimum absolute atomic E-state index is 0.0893. The summed E-state index contributed by atoms with van der Waals surface area (Å²) in [4.78, 5) is 24.8. The van der Waals surface area contributed by atoms with Crippen molar-refractivity contribution in [3.8, 4) is 45.5 Å². The summed E-state index contributed by atoms with van der Waals surface area (Å²) in [7, 11) is 5.37. The number of pyridine rings is 2. The molecule has 2 aromatic carbocycles. The van der Waals surface area contributed by atoms with Gasteiger partial charge in [0.1, 0.15) is 52.4 Å². The molecule has 4 aromatic rings. The van der Waals surface area contributed by atoms with Gasteiger partial charge in [-0.1, -0.05) is 12.1 Å². The van der Waals surface area contributed by atoms with Gasteiger partial charge in [-0.3, -0.25) is 0 Å². The van der Waals surface area contributed by atoms with E-state index < -0.39 is 5.60 Å². The number of carbonyl (C=O) groups excluding carboxylic acids is 1. The van der Waals surface area contributed by atoms with Gasteiger partial charge in [-0.2, -0.15) is 0 Å². The summed E-state index contributed by atoms with van der Waals surface area (Å²) >= 11 is 0. The Bertz CT molecular complexity index is 1760. The van der Waals surface area contributed by atoms with Gasteiger partial charge < -0.3 is 45.0 Å². The van der Waals surface area contributed by atoms with Crippen LogP contribution >= 0.6 is 0 Å². The molecule has 0 aliphatic carbocycles. The van der Waals surface area contributed by atoms with E-state index in [1.54, 1.807) is 31.3 Å². The summed E-state index contributed by atoms with van der Waals surface area (Å²) in [6, 6.07) is 22.5. The fraction of sp³-hybridized carbons (Fsp3) is 0.395. The number of ether oxygens (including phenoxy) is 5. The number of methoxy groups -OCH3 is 2. The number of likely N-dealkylation sites (tertiary alicyclic amines) is 2. The van der Waals surface area contributed by atoms with Crippen LogP contribution in [0.1, 0.15) is 33.6 Å². The third-order valence-electron chi connectivity index (χ3n) is 8.19. The molecule has 1 amide bonds. The Labute approximate surface area is 294 Å². The average Bonchev–Trinajstić information content (AvgIpc) is 3.72. The number of aromatic nitrogens is 2. The van der Waals surface area contributed by atoms with Crippen LogP contribution in [0, 0.1) is 0 Å². The smallest absolute Gasteiger partial charge is 0.410 e. The molecule has 4 heterocycles. The number of hydrogen-bond donors (Lipinski definition) is 2. The van der Waals surface area contributed by atoms with E-state index >= 15 is 0 Å². The Kier molecular flexibility index (Phi) is 11.5. The first kappa shape index (κ1) is 36.1. The third kappa shape index (κ3) is 9.69. The highest BCUT2D eigenvalue weighted by Gasteiger charge is 2.31. The Morgan fingerprint density at radius 1 is 0.740 bits per heavy atom. The number of rotatable bonds is 8. The van der Waals surface area contributed by atoms with Crippen molar-refractivity contribution in [2.75, 3.05) is 58.9 Å². The van der Waals surface area contributed by atoms with Crippen molar-refractivity contribution in [1.82, 2.24) is 19.8 Å². The zero-order chi connectivity index (χ0) is 35.8. The highest BCUT2D eigenvalue weighted by atomic mass is 16.6. The lowest BCUT2D eigenvalue weighted by atomic mass is 10.1. The Morgan fingerprint density at radius 3 is 1.68 bits per heavy atom. The van der Waals surface area contributed by atoms with Crippen LogP contribution in [0.15, 0.2) is 72.8 Å². The molecule has 2 fully saturated rings. The number of nitrogens with zero attached hydrogens (tertiary/aromatic N) is 4. The van der Waals surface area contributed by atoms with Gasteiger partial charge in [0.25, 0.3) is 0 Å². The maximum Gasteiger partial charge on any atom is 0.410 e. The largest absolute Gasteiger partial charge is 0.496 e. The van der Waals surface area contributed by atoms with E-state index in [0.717, 1.165) is 59.9 Å². The molecule has 0 bridgehead atoms. The normalized spacial score (nSPS) is 17.4. The number of carbonyl (C=O) groups is 1. The molecule has 0 radical (unpaired) electrons. The fourth-order valence-electron chi connectivity index (χ4n) is 5.81. The SMILES string of the molecule is COc1cc(OC2CCN(C(=O)OC(C)(C)C)C2)ccc1-c1cccc(N)n1.COc1cc(OC2CCN(C)C2)ccc1-c1cccc(N)n1. The van der Waals surface area contributed by atoms with Crippen molar-refractivity contribution in [2.45, 2.75) is 51.4 Å². The molecule has 0 spiro atoms. The molecule has 2 atom stereocenters. The molecule has 6 rings (SSSR count). The van der Waals surface area contributed by atoms with E-state index in [-0.39, 0.29) is 18.3 Å². The Morgan fingerprint density at radius 2 is 1.24 bits per heavy atom. The molecule has 50 heavy (non-hydrogen) atoms. The third-order valence-corrected chi connectivity index (χ3v) is 8.19. The number of hydrogen-bond acceptors (Lipinski definition) is 11. The van der Waals surface area contributed by atoms with Crippen molar-refractivity contribution in [1.29, 1.82) is 0 Å². The molecule has 266 valence electrons. The second kappa shape index (κ2) is 16.0. The number of benzene rings is 2. The van der Waals surface area contributed by atoms with E-state index in [9.17, 15) is 4.79 Å². The summed E-state index contributed by atoms with van der Waals surface area (Å²) in [5.74, 6) is 3.84. The zero-order valence-electron chi connectivity index (χ0n) is 29.7. The van der Waals surface area contributed by atoms with Gasteiger partial charge in [-0.15, -0.1) is 0 Å². The molecule has 2 aromatic heterocycles. The summed E-state index contributed by atoms with van der Waals surface area (Å²) in [6.07, 6.45) is 1.65. The average molecular weight is 685 g/mol. The number of nitrogen functional groups attached to an aromatic ring is 2. The first-order chi connectivity index (χ1) is 23.9. The number of amides is 1. The van der Waals surface area contributed by atoms with Gasteiger partial charge in [0, 0.05) is 49.3 Å². The predicted octanol–water partition coefficient (Wildman–Crippen LogP) is 6.15. The molecular formula is C38H48N6O6. The minimum atomic E-state index is -0.506. The molecular weight excluding hydrogens is 636 g/mol. The van der Waals surface area contributed by atoms with Crippen LogP contribution in [-0.2, 0) is 4.74 Å². The highest BCUT2D eigenvalue weighted by molar-refractivity contribution is 5.71. The fourth-order valence-corrected chi connectivity index (χ4v) is 5.81. The topological polar surface area (TPSA) is 148 Å². The molecule has 2 unspecified atom stereocenters. The number of likely N-dealkylation sites (N-methyl/N-ethyl adjacent to an activating group) is 1. The quantitative estimate of drug-likeness (QED) is 0.220. The number of anilines is 2. The summed E-state index contributed by atoms with van der Waals surface area (Å²) in [5.41, 5.74) is 14.3. The maximum absolute atomic E-state index is 12.2. The summed E-state index contributed by atoms with van der Waals surface area (Å²) in [5, 5.41) is 0. The van der Waals surface area contributed by atoms with Crippen LogP contribution in [-0.4, -0.2) is 91.1 Å². The zero-order valence-corrected chi connectivity index (χ0v) is 29.7. The lowest BCUT2D eigenvalue weighted by Crippen LogP contribution is -2.36. The van der Waals surface area contributed by atoms with Crippen LogP contribution < -0.4 is 30.4 Å². The molecule has 0 saturated carbocycles. The molecule has 4 N–H and O–H groups in total. The maximum atomic E-state index is 12.2. The molecule has 2 aliphatic rings. The minimum Gasteiger partial charge on any atom is -0.496 e. The van der Waals surface area contributed by atoms with Crippen LogP contribution in [0.3, 0.4) is 0 Å². The van der Waals surface area contributed by atoms with Crippen molar-refractivity contribution in [3.05, 3.63) is 72.8 Å². The molecule has 12 heteroatoms. The predicted molar refractivity (Wildman–Crippen MR) is 195 cm³/mol. The van der Waals surface area contributed by atoms with E-state index in [4.69, 9.17) is 35.2 Å². The standard InChI is InChI=1S/C21H27N3O4.C17H21N3O2/c1-21(2,3)28-20(25)24-11-10-15(13-24)27-14-8-9-16(18(12-14)26-4)17-6-5-7-19(22)23-17;1-20-9-8-13(11-20)22-12-6-7-14(16(10-12)21-2)15-4-3-5-17(18)19-15/h5-9,12,15H,10-11,13H2,1-4H3,(H2,22,23);3-7,10,13H,8-9,11H2,1-2H3,(H2,18,19). The first-order valence-corrected chi connectivity index (χ1v) is 16.7. The Hall–Kier alpha value is -5.23. The van der Waals surface area contributed by atoms with Gasteiger partial charge in [0.2, 0.25) is 0 Å². The summed E-state index contributed by atoms with van der Waals surface area (Å²) in [6.45, 7) is 8.72. The molecule has 12 nitrogen and oxygen atoms in total. The van der Waals surface area contributed by atoms with Gasteiger partial charge in [0.15, 0.2) is 0 Å². The van der Waals surface area contributed by atoms with Gasteiger partial charge >= 0.3 is 6.09 Å². The molecule has 2 aliphatic heterocycles. The monoisotopic (exact) mass is 684 g/mol. The number of nitrogens with two attached hydrogens (primary N) is 2. The lowest BCUT2D eigenvalue weighted by Gasteiger charge is -2.24. The van der Waals surface area contributed by atoms with Gasteiger partial charge in [0.05, 0.1) is 32.2 Å². The second-order valence-corrected chi connectivity index (χ2v) is 13.4. The van der Waals surface area contributed by atoms with E-state index in [2.05, 4.69) is 21.9 Å². The van der Waals surface area contributed by atoms with Crippen molar-refractivity contribution in [2.24, 2.45) is 0 Å². The van der Waals surface area contributed by atoms with Crippen molar-refractivity contribution in [3.63, 3.8) is 0 Å². The van der Waals surface area contributed by atoms with E-state index in [0.29, 0.717) is 36.2 Å². The van der Waals surface area contributed by atoms with E-state index in [1.165, 1.54) is 0 Å². The van der Waals surface area contributed by atoms with Crippen LogP contribution in [0.5, 0.6) is 23.0 Å². The van der Waals surface area contributed by atoms with Crippen LogP contribution in [0.2, 0.25) is 0 Å². The Balaban J connectivity index is 0.000000200.